The molecule has 2 N–H and O–H groups in total. The lowest BCUT2D eigenvalue weighted by Crippen LogP contribution is -2.07. The molecule has 0 saturated heterocycles. The Labute approximate surface area is 117 Å². The minimum Gasteiger partial charge on any atom is -0.421 e. The smallest absolute Gasteiger partial charge is 0.328 e. The van der Waals surface area contributed by atoms with Gasteiger partial charge in [0.2, 0.25) is 17.7 Å². The van der Waals surface area contributed by atoms with Crippen LogP contribution in [0.25, 0.3) is 5.95 Å². The van der Waals surface area contributed by atoms with Gasteiger partial charge in [-0.25, -0.2) is 9.37 Å². The first-order chi connectivity index (χ1) is 10.1. The summed E-state index contributed by atoms with van der Waals surface area (Å²) in [6.45, 7) is 0. The highest BCUT2D eigenvalue weighted by Crippen LogP contribution is 2.24. The van der Waals surface area contributed by atoms with Crippen molar-refractivity contribution >= 4 is 5.95 Å². The van der Waals surface area contributed by atoms with E-state index in [-0.39, 0.29) is 23.7 Å². The van der Waals surface area contributed by atoms with Crippen LogP contribution in [0, 0.1) is 11.6 Å². The average molecular weight is 290 g/mol. The van der Waals surface area contributed by atoms with Gasteiger partial charge in [-0.15, -0.1) is 0 Å². The van der Waals surface area contributed by atoms with Crippen LogP contribution in [0.5, 0.6) is 11.8 Å². The maximum absolute atomic E-state index is 13.5. The molecule has 3 rings (SSSR count). The quantitative estimate of drug-likeness (QED) is 0.789. The van der Waals surface area contributed by atoms with E-state index in [1.54, 1.807) is 6.20 Å². The molecular formula is C12H8F2N6O. The van der Waals surface area contributed by atoms with Gasteiger partial charge in [-0.2, -0.15) is 19.3 Å². The van der Waals surface area contributed by atoms with E-state index in [9.17, 15) is 8.78 Å². The first-order valence-corrected chi connectivity index (χ1v) is 5.75. The number of nitrogens with two attached hydrogens (primary N) is 1. The molecular weight excluding hydrogens is 282 g/mol. The fraction of sp³-hybridized carbons (Fsp3) is 0. The van der Waals surface area contributed by atoms with E-state index >= 15 is 0 Å². The number of nitrogen functional groups attached to an aromatic ring is 1. The Morgan fingerprint density at radius 2 is 2.00 bits per heavy atom. The van der Waals surface area contributed by atoms with E-state index in [2.05, 4.69) is 19.9 Å². The van der Waals surface area contributed by atoms with Crippen molar-refractivity contribution in [1.82, 2.24) is 24.5 Å². The Kier molecular flexibility index (Phi) is 3.14. The molecule has 0 atom stereocenters. The zero-order chi connectivity index (χ0) is 14.8. The molecule has 0 amide bonds. The second-order valence-corrected chi connectivity index (χ2v) is 3.90. The molecule has 0 saturated carbocycles. The Hall–Kier alpha value is -3.10. The van der Waals surface area contributed by atoms with Crippen LogP contribution in [-0.2, 0) is 0 Å². The molecule has 106 valence electrons. The number of nitrogens with zero attached hydrogens (tertiary/aromatic N) is 5. The van der Waals surface area contributed by atoms with Crippen molar-refractivity contribution in [3.05, 3.63) is 48.6 Å². The molecule has 0 aliphatic carbocycles. The van der Waals surface area contributed by atoms with Crippen LogP contribution >= 0.6 is 0 Å². The largest absolute Gasteiger partial charge is 0.421 e. The maximum atomic E-state index is 13.5. The van der Waals surface area contributed by atoms with Gasteiger partial charge < -0.3 is 10.5 Å². The summed E-state index contributed by atoms with van der Waals surface area (Å²) in [5.74, 6) is -2.51. The van der Waals surface area contributed by atoms with E-state index in [0.717, 1.165) is 6.07 Å². The molecule has 0 aliphatic heterocycles. The second kappa shape index (κ2) is 5.12. The van der Waals surface area contributed by atoms with Crippen LogP contribution in [0.1, 0.15) is 0 Å². The van der Waals surface area contributed by atoms with Gasteiger partial charge >= 0.3 is 6.01 Å². The molecule has 21 heavy (non-hydrogen) atoms. The number of aromatic nitrogens is 5. The molecule has 0 radical (unpaired) electrons. The summed E-state index contributed by atoms with van der Waals surface area (Å²) >= 11 is 0. The van der Waals surface area contributed by atoms with Crippen molar-refractivity contribution in [3.63, 3.8) is 0 Å². The summed E-state index contributed by atoms with van der Waals surface area (Å²) in [7, 11) is 0. The van der Waals surface area contributed by atoms with Crippen molar-refractivity contribution in [2.45, 2.75) is 0 Å². The van der Waals surface area contributed by atoms with Gasteiger partial charge in [-0.05, 0) is 12.1 Å². The number of anilines is 1. The summed E-state index contributed by atoms with van der Waals surface area (Å²) in [6, 6.07) is 3.27. The van der Waals surface area contributed by atoms with Gasteiger partial charge in [0.25, 0.3) is 0 Å². The van der Waals surface area contributed by atoms with Crippen LogP contribution in [0.3, 0.4) is 0 Å². The molecule has 0 fully saturated rings. The number of hydrogen-bond donors (Lipinski definition) is 1. The van der Waals surface area contributed by atoms with Crippen LogP contribution in [-0.4, -0.2) is 24.5 Å². The molecule has 0 aliphatic rings. The molecule has 2 aromatic heterocycles. The van der Waals surface area contributed by atoms with E-state index in [1.165, 1.54) is 29.2 Å². The van der Waals surface area contributed by atoms with Crippen molar-refractivity contribution in [1.29, 1.82) is 0 Å². The van der Waals surface area contributed by atoms with E-state index in [4.69, 9.17) is 10.5 Å². The Morgan fingerprint density at radius 3 is 2.76 bits per heavy atom. The van der Waals surface area contributed by atoms with Crippen molar-refractivity contribution < 1.29 is 13.5 Å². The minimum atomic E-state index is -1.14. The Balaban J connectivity index is 1.98. The third-order valence-corrected chi connectivity index (χ3v) is 2.47. The van der Waals surface area contributed by atoms with Gasteiger partial charge in [0.15, 0.2) is 11.6 Å². The third kappa shape index (κ3) is 2.61. The van der Waals surface area contributed by atoms with Gasteiger partial charge in [-0.1, -0.05) is 6.07 Å². The normalized spacial score (nSPS) is 10.6. The standard InChI is InChI=1S/C12H8F2N6O/c13-7-2-1-3-8(9(7)14)21-12-18-10(15)17-11(19-12)20-5-4-16-6-20/h1-6H,(H2,15,17,18,19). The highest BCUT2D eigenvalue weighted by atomic mass is 19.2. The molecule has 1 aromatic carbocycles. The molecule has 0 spiro atoms. The predicted molar refractivity (Wildman–Crippen MR) is 67.8 cm³/mol. The van der Waals surface area contributed by atoms with E-state index < -0.39 is 11.6 Å². The van der Waals surface area contributed by atoms with E-state index in [0.29, 0.717) is 0 Å². The van der Waals surface area contributed by atoms with E-state index in [1.807, 2.05) is 0 Å². The van der Waals surface area contributed by atoms with Crippen LogP contribution in [0.2, 0.25) is 0 Å². The fourth-order valence-electron chi connectivity index (χ4n) is 1.56. The van der Waals surface area contributed by atoms with Gasteiger partial charge in [0.1, 0.15) is 6.33 Å². The number of rotatable bonds is 3. The van der Waals surface area contributed by atoms with Crippen LogP contribution in [0.4, 0.5) is 14.7 Å². The molecule has 0 unspecified atom stereocenters. The van der Waals surface area contributed by atoms with Crippen molar-refractivity contribution in [2.75, 3.05) is 5.73 Å². The number of benzene rings is 1. The summed E-state index contributed by atoms with van der Waals surface area (Å²) < 4.78 is 33.2. The summed E-state index contributed by atoms with van der Waals surface area (Å²) in [6.07, 6.45) is 4.55. The van der Waals surface area contributed by atoms with Gasteiger partial charge in [0, 0.05) is 12.4 Å². The average Bonchev–Trinajstić information content (AvgIpc) is 2.97. The lowest BCUT2D eigenvalue weighted by Gasteiger charge is -2.07. The minimum absolute atomic E-state index is 0.125. The third-order valence-electron chi connectivity index (χ3n) is 2.47. The summed E-state index contributed by atoms with van der Waals surface area (Å²) in [4.78, 5) is 15.4. The van der Waals surface area contributed by atoms with Crippen LogP contribution in [0.15, 0.2) is 36.9 Å². The first kappa shape index (κ1) is 12.9. The Bertz CT molecular complexity index is 777. The lowest BCUT2D eigenvalue weighted by atomic mass is 10.3. The molecule has 7 nitrogen and oxygen atoms in total. The lowest BCUT2D eigenvalue weighted by molar-refractivity contribution is 0.392. The predicted octanol–water partition coefficient (Wildman–Crippen LogP) is 1.71. The van der Waals surface area contributed by atoms with Crippen molar-refractivity contribution in [2.24, 2.45) is 0 Å². The fourth-order valence-corrected chi connectivity index (χ4v) is 1.56. The topological polar surface area (TPSA) is 91.7 Å². The Morgan fingerprint density at radius 1 is 1.14 bits per heavy atom. The van der Waals surface area contributed by atoms with Gasteiger partial charge in [-0.3, -0.25) is 4.57 Å². The molecule has 9 heteroatoms. The zero-order valence-corrected chi connectivity index (χ0v) is 10.4. The number of halogens is 2. The maximum Gasteiger partial charge on any atom is 0.328 e. The molecule has 3 aromatic rings. The number of hydrogen-bond acceptors (Lipinski definition) is 6. The van der Waals surface area contributed by atoms with Gasteiger partial charge in [0.05, 0.1) is 0 Å². The molecule has 0 bridgehead atoms. The summed E-state index contributed by atoms with van der Waals surface area (Å²) in [5.41, 5.74) is 5.54. The highest BCUT2D eigenvalue weighted by molar-refractivity contribution is 5.30. The number of imidazole rings is 1. The SMILES string of the molecule is Nc1nc(Oc2cccc(F)c2F)nc(-n2ccnc2)n1. The van der Waals surface area contributed by atoms with Crippen LogP contribution < -0.4 is 10.5 Å². The zero-order valence-electron chi connectivity index (χ0n) is 10.4. The summed E-state index contributed by atoms with van der Waals surface area (Å²) in [5, 5.41) is 0. The highest BCUT2D eigenvalue weighted by Gasteiger charge is 2.13. The first-order valence-electron chi connectivity index (χ1n) is 5.75. The van der Waals surface area contributed by atoms with Crippen molar-refractivity contribution in [3.8, 4) is 17.7 Å². The second-order valence-electron chi connectivity index (χ2n) is 3.90. The number of ether oxygens (including phenoxy) is 1. The molecule has 2 heterocycles. The monoisotopic (exact) mass is 290 g/mol.